The number of fused-ring (bicyclic) bond motifs is 1. The number of aromatic nitrogens is 2. The number of hydrogen-bond donors (Lipinski definition) is 0. The lowest BCUT2D eigenvalue weighted by molar-refractivity contribution is 0.0707. The molecule has 1 atom stereocenters. The van der Waals surface area contributed by atoms with E-state index in [1.807, 2.05) is 12.1 Å². The Bertz CT molecular complexity index is 1060. The summed E-state index contributed by atoms with van der Waals surface area (Å²) in [6, 6.07) is 8.87. The molecule has 0 N–H and O–H groups in total. The number of carbonyl (C=O) groups is 1. The number of carbonyl (C=O) groups excluding carboxylic acids is 1. The highest BCUT2D eigenvalue weighted by Gasteiger charge is 2.28. The SMILES string of the molecule is Cc1cc(C2COc3ccccc3O2)oc(=O)c1C(=O)N(C)Cc1ncon1. The molecule has 4 rings (SSSR count). The second-order valence-electron chi connectivity index (χ2n) is 6.37. The fraction of sp³-hybridized carbons (Fsp3) is 0.263. The first kappa shape index (κ1) is 17.8. The van der Waals surface area contributed by atoms with E-state index in [0.29, 0.717) is 28.6 Å². The van der Waals surface area contributed by atoms with Crippen LogP contribution in [-0.2, 0) is 6.54 Å². The minimum atomic E-state index is -0.734. The van der Waals surface area contributed by atoms with Crippen LogP contribution in [0.1, 0.15) is 33.6 Å². The second kappa shape index (κ2) is 7.18. The summed E-state index contributed by atoms with van der Waals surface area (Å²) >= 11 is 0. The number of aryl methyl sites for hydroxylation is 1. The van der Waals surface area contributed by atoms with E-state index in [9.17, 15) is 9.59 Å². The average molecular weight is 383 g/mol. The first-order chi connectivity index (χ1) is 13.5. The molecule has 0 fully saturated rings. The van der Waals surface area contributed by atoms with Crippen LogP contribution < -0.4 is 15.1 Å². The van der Waals surface area contributed by atoms with E-state index in [1.54, 1.807) is 32.2 Å². The van der Waals surface area contributed by atoms with Crippen LogP contribution in [0.4, 0.5) is 0 Å². The number of benzene rings is 1. The third-order valence-corrected chi connectivity index (χ3v) is 4.34. The van der Waals surface area contributed by atoms with Crippen molar-refractivity contribution in [2.45, 2.75) is 19.6 Å². The second-order valence-corrected chi connectivity index (χ2v) is 6.37. The third-order valence-electron chi connectivity index (χ3n) is 4.34. The lowest BCUT2D eigenvalue weighted by atomic mass is 10.1. The van der Waals surface area contributed by atoms with Gasteiger partial charge in [0.2, 0.25) is 6.39 Å². The maximum Gasteiger partial charge on any atom is 0.349 e. The number of nitrogens with zero attached hydrogens (tertiary/aromatic N) is 3. The van der Waals surface area contributed by atoms with Gasteiger partial charge in [-0.1, -0.05) is 17.3 Å². The van der Waals surface area contributed by atoms with Crippen molar-refractivity contribution in [3.05, 3.63) is 69.9 Å². The Kier molecular flexibility index (Phi) is 4.56. The summed E-state index contributed by atoms with van der Waals surface area (Å²) in [5.41, 5.74) is -0.298. The lowest BCUT2D eigenvalue weighted by Crippen LogP contribution is -2.32. The molecule has 1 aliphatic heterocycles. The fourth-order valence-corrected chi connectivity index (χ4v) is 2.95. The fourth-order valence-electron chi connectivity index (χ4n) is 2.95. The van der Waals surface area contributed by atoms with Crippen LogP contribution in [-0.4, -0.2) is 34.6 Å². The molecular formula is C19H17N3O6. The highest BCUT2D eigenvalue weighted by molar-refractivity contribution is 5.94. The Morgan fingerprint density at radius 2 is 2.07 bits per heavy atom. The maximum absolute atomic E-state index is 12.7. The molecular weight excluding hydrogens is 366 g/mol. The normalized spacial score (nSPS) is 15.3. The summed E-state index contributed by atoms with van der Waals surface area (Å²) in [7, 11) is 1.54. The van der Waals surface area contributed by atoms with Gasteiger partial charge in [0.1, 0.15) is 12.2 Å². The number of amides is 1. The molecule has 144 valence electrons. The molecule has 0 saturated heterocycles. The number of hydrogen-bond acceptors (Lipinski definition) is 8. The van der Waals surface area contributed by atoms with Crippen molar-refractivity contribution in [1.29, 1.82) is 0 Å². The van der Waals surface area contributed by atoms with Crippen LogP contribution in [0.5, 0.6) is 11.5 Å². The van der Waals surface area contributed by atoms with Gasteiger partial charge in [-0.25, -0.2) is 4.79 Å². The molecule has 9 nitrogen and oxygen atoms in total. The molecule has 1 aromatic carbocycles. The van der Waals surface area contributed by atoms with E-state index in [0.717, 1.165) is 0 Å². The predicted octanol–water partition coefficient (Wildman–Crippen LogP) is 2.12. The molecule has 1 unspecified atom stereocenters. The molecule has 2 aromatic heterocycles. The molecule has 0 bridgehead atoms. The predicted molar refractivity (Wildman–Crippen MR) is 95.1 cm³/mol. The van der Waals surface area contributed by atoms with Crippen molar-refractivity contribution in [1.82, 2.24) is 15.0 Å². The zero-order valence-electron chi connectivity index (χ0n) is 15.2. The molecule has 0 aliphatic carbocycles. The topological polar surface area (TPSA) is 108 Å². The molecule has 3 aromatic rings. The van der Waals surface area contributed by atoms with Crippen molar-refractivity contribution in [2.24, 2.45) is 0 Å². The first-order valence-electron chi connectivity index (χ1n) is 8.57. The van der Waals surface area contributed by atoms with Gasteiger partial charge in [-0.15, -0.1) is 0 Å². The summed E-state index contributed by atoms with van der Waals surface area (Å²) in [4.78, 5) is 30.4. The van der Waals surface area contributed by atoms with Crippen LogP contribution in [0.15, 0.2) is 50.5 Å². The Balaban J connectivity index is 1.57. The first-order valence-corrected chi connectivity index (χ1v) is 8.57. The maximum atomic E-state index is 12.7. The van der Waals surface area contributed by atoms with E-state index in [2.05, 4.69) is 14.7 Å². The summed E-state index contributed by atoms with van der Waals surface area (Å²) in [5, 5.41) is 3.66. The van der Waals surface area contributed by atoms with Gasteiger partial charge in [-0.3, -0.25) is 4.79 Å². The summed E-state index contributed by atoms with van der Waals surface area (Å²) in [5.74, 6) is 1.34. The van der Waals surface area contributed by atoms with Crippen molar-refractivity contribution in [2.75, 3.05) is 13.7 Å². The molecule has 28 heavy (non-hydrogen) atoms. The Morgan fingerprint density at radius 1 is 1.29 bits per heavy atom. The van der Waals surface area contributed by atoms with E-state index >= 15 is 0 Å². The Labute approximate surface area is 159 Å². The van der Waals surface area contributed by atoms with E-state index in [4.69, 9.17) is 13.9 Å². The van der Waals surface area contributed by atoms with Gasteiger partial charge in [0.05, 0.1) is 6.54 Å². The molecule has 0 saturated carbocycles. The average Bonchev–Trinajstić information content (AvgIpc) is 3.20. The van der Waals surface area contributed by atoms with Crippen molar-refractivity contribution >= 4 is 5.91 Å². The van der Waals surface area contributed by atoms with Crippen LogP contribution >= 0.6 is 0 Å². The van der Waals surface area contributed by atoms with Gasteiger partial charge in [0, 0.05) is 7.05 Å². The third kappa shape index (κ3) is 3.34. The molecule has 1 aliphatic rings. The smallest absolute Gasteiger partial charge is 0.349 e. The van der Waals surface area contributed by atoms with Gasteiger partial charge in [0.25, 0.3) is 5.91 Å². The quantitative estimate of drug-likeness (QED) is 0.674. The van der Waals surface area contributed by atoms with Gasteiger partial charge in [-0.2, -0.15) is 4.98 Å². The zero-order chi connectivity index (χ0) is 19.7. The van der Waals surface area contributed by atoms with Gasteiger partial charge >= 0.3 is 5.63 Å². The minimum Gasteiger partial charge on any atom is -0.485 e. The zero-order valence-corrected chi connectivity index (χ0v) is 15.2. The Morgan fingerprint density at radius 3 is 2.79 bits per heavy atom. The number of para-hydroxylation sites is 2. The number of ether oxygens (including phenoxy) is 2. The van der Waals surface area contributed by atoms with Gasteiger partial charge < -0.3 is 23.3 Å². The van der Waals surface area contributed by atoms with E-state index in [-0.39, 0.29) is 18.7 Å². The van der Waals surface area contributed by atoms with Crippen LogP contribution in [0.2, 0.25) is 0 Å². The van der Waals surface area contributed by atoms with E-state index < -0.39 is 17.6 Å². The van der Waals surface area contributed by atoms with Crippen molar-refractivity contribution < 1.29 is 23.2 Å². The van der Waals surface area contributed by atoms with E-state index in [1.165, 1.54) is 11.3 Å². The van der Waals surface area contributed by atoms with Crippen LogP contribution in [0.25, 0.3) is 0 Å². The van der Waals surface area contributed by atoms with Crippen LogP contribution in [0.3, 0.4) is 0 Å². The molecule has 0 spiro atoms. The number of rotatable bonds is 4. The largest absolute Gasteiger partial charge is 0.485 e. The Hall–Kier alpha value is -3.62. The summed E-state index contributed by atoms with van der Waals surface area (Å²) < 4.78 is 21.6. The van der Waals surface area contributed by atoms with Crippen molar-refractivity contribution in [3.8, 4) is 11.5 Å². The highest BCUT2D eigenvalue weighted by atomic mass is 16.6. The standard InChI is InChI=1S/C19H17N3O6/c1-11-7-14(15-9-25-12-5-3-4-6-13(12)27-15)28-19(24)17(11)18(23)22(2)8-16-20-10-26-21-16/h3-7,10,15H,8-9H2,1-2H3. The molecule has 3 heterocycles. The molecule has 0 radical (unpaired) electrons. The van der Waals surface area contributed by atoms with Gasteiger partial charge in [-0.05, 0) is 30.7 Å². The summed E-state index contributed by atoms with van der Waals surface area (Å²) in [6.07, 6.45) is 0.592. The highest BCUT2D eigenvalue weighted by Crippen LogP contribution is 2.35. The monoisotopic (exact) mass is 383 g/mol. The molecule has 1 amide bonds. The lowest BCUT2D eigenvalue weighted by Gasteiger charge is -2.26. The minimum absolute atomic E-state index is 0.0492. The molecule has 9 heteroatoms. The van der Waals surface area contributed by atoms with Gasteiger partial charge in [0.15, 0.2) is 29.2 Å². The van der Waals surface area contributed by atoms with Crippen LogP contribution in [0, 0.1) is 6.92 Å². The summed E-state index contributed by atoms with van der Waals surface area (Å²) in [6.45, 7) is 1.98. The van der Waals surface area contributed by atoms with Crippen molar-refractivity contribution in [3.63, 3.8) is 0 Å².